The minimum atomic E-state index is 0.907. The van der Waals surface area contributed by atoms with Crippen LogP contribution in [-0.4, -0.2) is 12.0 Å². The fourth-order valence-electron chi connectivity index (χ4n) is 2.33. The van der Waals surface area contributed by atoms with Gasteiger partial charge in [-0.2, -0.15) is 0 Å². The van der Waals surface area contributed by atoms with Gasteiger partial charge in [-0.05, 0) is 50.7 Å². The van der Waals surface area contributed by atoms with E-state index in [4.69, 9.17) is 0 Å². The molecule has 0 amide bonds. The van der Waals surface area contributed by atoms with Gasteiger partial charge in [-0.3, -0.25) is 4.79 Å². The second-order valence-electron chi connectivity index (χ2n) is 4.99. The zero-order chi connectivity index (χ0) is 13.0. The molecule has 0 heterocycles. The van der Waals surface area contributed by atoms with Gasteiger partial charge in [0.1, 0.15) is 6.29 Å². The van der Waals surface area contributed by atoms with Crippen LogP contribution in [0.2, 0.25) is 0 Å². The molecule has 0 unspecified atom stereocenters. The van der Waals surface area contributed by atoms with Crippen LogP contribution in [0, 0.1) is 0 Å². The Balaban J connectivity index is 2.23. The quantitative estimate of drug-likeness (QED) is 0.543. The number of fused-ring (bicyclic) bond motifs is 1. The van der Waals surface area contributed by atoms with Crippen molar-refractivity contribution in [3.05, 3.63) is 45.4 Å². The van der Waals surface area contributed by atoms with Crippen molar-refractivity contribution in [3.8, 4) is 0 Å². The molecule has 1 nitrogen and oxygen atoms in total. The molecule has 0 aromatic rings. The lowest BCUT2D eigenvalue weighted by atomic mass is 9.86. The molecule has 0 radical (unpaired) electrons. The molecule has 0 atom stereocenters. The van der Waals surface area contributed by atoms with Crippen molar-refractivity contribution >= 4 is 18.0 Å². The Bertz CT molecular complexity index is 459. The van der Waals surface area contributed by atoms with Crippen molar-refractivity contribution < 1.29 is 4.79 Å². The summed E-state index contributed by atoms with van der Waals surface area (Å²) in [7, 11) is 0. The van der Waals surface area contributed by atoms with E-state index in [0.717, 1.165) is 43.3 Å². The Morgan fingerprint density at radius 1 is 1.28 bits per heavy atom. The van der Waals surface area contributed by atoms with Crippen LogP contribution < -0.4 is 0 Å². The first kappa shape index (κ1) is 13.4. The van der Waals surface area contributed by atoms with Crippen molar-refractivity contribution in [1.29, 1.82) is 0 Å². The molecule has 2 aliphatic rings. The summed E-state index contributed by atoms with van der Waals surface area (Å²) >= 11 is 1.81. The average Bonchev–Trinajstić information content (AvgIpc) is 2.38. The predicted molar refractivity (Wildman–Crippen MR) is 79.6 cm³/mol. The van der Waals surface area contributed by atoms with E-state index in [9.17, 15) is 4.79 Å². The molecule has 0 N–H and O–H groups in total. The van der Waals surface area contributed by atoms with Gasteiger partial charge in [0, 0.05) is 16.2 Å². The van der Waals surface area contributed by atoms with Crippen LogP contribution in [0.25, 0.3) is 0 Å². The monoisotopic (exact) mass is 260 g/mol. The summed E-state index contributed by atoms with van der Waals surface area (Å²) in [6.07, 6.45) is 12.1. The molecule has 0 saturated heterocycles. The number of hydrogen-bond donors (Lipinski definition) is 0. The smallest absolute Gasteiger partial charge is 0.147 e. The normalized spacial score (nSPS) is 18.8. The Morgan fingerprint density at radius 2 is 2.06 bits per heavy atom. The third-order valence-electron chi connectivity index (χ3n) is 3.31. The van der Waals surface area contributed by atoms with Crippen LogP contribution in [0.5, 0.6) is 0 Å². The van der Waals surface area contributed by atoms with Crippen LogP contribution in [0.1, 0.15) is 39.5 Å². The third-order valence-corrected chi connectivity index (χ3v) is 4.42. The van der Waals surface area contributed by atoms with Crippen LogP contribution in [0.15, 0.2) is 45.4 Å². The standard InChI is InChI=1S/C16H20OS/c1-12(2)9-10-18-16-14(11-17)8-7-13-5-3-4-6-15(13)16/h5-6,9,11H,3-4,7-8,10H2,1-2H3. The van der Waals surface area contributed by atoms with Gasteiger partial charge in [0.25, 0.3) is 0 Å². The third kappa shape index (κ3) is 3.05. The van der Waals surface area contributed by atoms with Gasteiger partial charge < -0.3 is 0 Å². The van der Waals surface area contributed by atoms with E-state index in [1.807, 2.05) is 0 Å². The van der Waals surface area contributed by atoms with E-state index in [2.05, 4.69) is 32.1 Å². The summed E-state index contributed by atoms with van der Waals surface area (Å²) in [5.74, 6) is 0.958. The van der Waals surface area contributed by atoms with Gasteiger partial charge >= 0.3 is 0 Å². The highest BCUT2D eigenvalue weighted by molar-refractivity contribution is 8.03. The van der Waals surface area contributed by atoms with Crippen molar-refractivity contribution in [1.82, 2.24) is 0 Å². The summed E-state index contributed by atoms with van der Waals surface area (Å²) < 4.78 is 0. The number of aldehydes is 1. The number of hydrogen-bond acceptors (Lipinski definition) is 2. The highest BCUT2D eigenvalue weighted by atomic mass is 32.2. The van der Waals surface area contributed by atoms with E-state index in [0.29, 0.717) is 0 Å². The van der Waals surface area contributed by atoms with Gasteiger partial charge in [-0.1, -0.05) is 23.8 Å². The fraction of sp³-hybridized carbons (Fsp3) is 0.438. The maximum absolute atomic E-state index is 11.2. The number of carbonyl (C=O) groups excluding carboxylic acids is 1. The number of thioether (sulfide) groups is 1. The van der Waals surface area contributed by atoms with Gasteiger partial charge in [0.2, 0.25) is 0 Å². The molecule has 18 heavy (non-hydrogen) atoms. The molecule has 0 aliphatic heterocycles. The highest BCUT2D eigenvalue weighted by Gasteiger charge is 2.22. The van der Waals surface area contributed by atoms with Crippen molar-refractivity contribution in [2.45, 2.75) is 39.5 Å². The minimum absolute atomic E-state index is 0.907. The lowest BCUT2D eigenvalue weighted by molar-refractivity contribution is -0.105. The molecule has 0 aromatic carbocycles. The minimum Gasteiger partial charge on any atom is -0.298 e. The molecule has 2 aliphatic carbocycles. The largest absolute Gasteiger partial charge is 0.298 e. The average molecular weight is 260 g/mol. The summed E-state index contributed by atoms with van der Waals surface area (Å²) in [6, 6.07) is 0. The Morgan fingerprint density at radius 3 is 2.78 bits per heavy atom. The second kappa shape index (κ2) is 6.24. The highest BCUT2D eigenvalue weighted by Crippen LogP contribution is 2.41. The number of rotatable bonds is 4. The van der Waals surface area contributed by atoms with Gasteiger partial charge in [-0.25, -0.2) is 0 Å². The first-order chi connectivity index (χ1) is 8.72. The van der Waals surface area contributed by atoms with E-state index in [1.165, 1.54) is 21.6 Å². The van der Waals surface area contributed by atoms with Gasteiger partial charge in [0.15, 0.2) is 0 Å². The molecule has 2 rings (SSSR count). The second-order valence-corrected chi connectivity index (χ2v) is 6.02. The van der Waals surface area contributed by atoms with E-state index in [-0.39, 0.29) is 0 Å². The van der Waals surface area contributed by atoms with Crippen molar-refractivity contribution in [3.63, 3.8) is 0 Å². The van der Waals surface area contributed by atoms with Gasteiger partial charge in [0.05, 0.1) is 0 Å². The first-order valence-electron chi connectivity index (χ1n) is 6.57. The zero-order valence-corrected chi connectivity index (χ0v) is 12.0. The zero-order valence-electron chi connectivity index (χ0n) is 11.2. The van der Waals surface area contributed by atoms with Crippen molar-refractivity contribution in [2.24, 2.45) is 0 Å². The summed E-state index contributed by atoms with van der Waals surface area (Å²) in [4.78, 5) is 12.4. The molecular formula is C16H20OS. The summed E-state index contributed by atoms with van der Waals surface area (Å²) in [5, 5.41) is 0. The van der Waals surface area contributed by atoms with E-state index in [1.54, 1.807) is 11.8 Å². The molecule has 2 heteroatoms. The van der Waals surface area contributed by atoms with Crippen molar-refractivity contribution in [2.75, 3.05) is 5.75 Å². The molecule has 0 bridgehead atoms. The van der Waals surface area contributed by atoms with Crippen LogP contribution >= 0.6 is 11.8 Å². The van der Waals surface area contributed by atoms with Crippen LogP contribution in [0.4, 0.5) is 0 Å². The number of carbonyl (C=O) groups is 1. The molecule has 96 valence electrons. The fourth-order valence-corrected chi connectivity index (χ4v) is 3.62. The SMILES string of the molecule is CC(C)=CCSC1=C(C=O)CCC2=CCCC=C21. The maximum atomic E-state index is 11.2. The van der Waals surface area contributed by atoms with Gasteiger partial charge in [-0.15, -0.1) is 11.8 Å². The maximum Gasteiger partial charge on any atom is 0.147 e. The molecule has 0 aromatic heterocycles. The Labute approximate surface area is 114 Å². The predicted octanol–water partition coefficient (Wildman–Crippen LogP) is 4.58. The molecule has 0 spiro atoms. The molecular weight excluding hydrogens is 240 g/mol. The van der Waals surface area contributed by atoms with E-state index >= 15 is 0 Å². The summed E-state index contributed by atoms with van der Waals surface area (Å²) in [6.45, 7) is 4.23. The number of allylic oxidation sites excluding steroid dienone is 6. The van der Waals surface area contributed by atoms with Crippen LogP contribution in [0.3, 0.4) is 0 Å². The first-order valence-corrected chi connectivity index (χ1v) is 7.55. The molecule has 0 saturated carbocycles. The lowest BCUT2D eigenvalue weighted by Gasteiger charge is -2.25. The molecule has 0 fully saturated rings. The Hall–Kier alpha value is -1.02. The van der Waals surface area contributed by atoms with E-state index < -0.39 is 0 Å². The Kier molecular flexibility index (Phi) is 4.65. The van der Waals surface area contributed by atoms with Crippen LogP contribution in [-0.2, 0) is 4.79 Å². The summed E-state index contributed by atoms with van der Waals surface area (Å²) in [5.41, 5.74) is 5.11. The lowest BCUT2D eigenvalue weighted by Crippen LogP contribution is -2.08. The topological polar surface area (TPSA) is 17.1 Å².